The SMILES string of the molecule is CC#CC1N=C(N)Nc2cc3nc(NC)[nH]c3cc21. The predicted molar refractivity (Wildman–Crippen MR) is 77.1 cm³/mol. The lowest BCUT2D eigenvalue weighted by Gasteiger charge is -2.20. The molecule has 0 fully saturated rings. The minimum Gasteiger partial charge on any atom is -0.370 e. The first-order valence-corrected chi connectivity index (χ1v) is 5.95. The van der Waals surface area contributed by atoms with Gasteiger partial charge in [0.2, 0.25) is 5.95 Å². The zero-order valence-corrected chi connectivity index (χ0v) is 10.7. The van der Waals surface area contributed by atoms with E-state index in [2.05, 4.69) is 37.4 Å². The van der Waals surface area contributed by atoms with Gasteiger partial charge in [-0.05, 0) is 19.1 Å². The lowest BCUT2D eigenvalue weighted by atomic mass is 10.0. The Kier molecular flexibility index (Phi) is 2.53. The van der Waals surface area contributed by atoms with Gasteiger partial charge >= 0.3 is 0 Å². The van der Waals surface area contributed by atoms with Gasteiger partial charge in [0.05, 0.1) is 11.0 Å². The Hall–Kier alpha value is -2.68. The molecule has 0 radical (unpaired) electrons. The highest BCUT2D eigenvalue weighted by molar-refractivity contribution is 5.98. The lowest BCUT2D eigenvalue weighted by molar-refractivity contribution is 0.928. The van der Waals surface area contributed by atoms with Crippen molar-refractivity contribution < 1.29 is 0 Å². The van der Waals surface area contributed by atoms with Crippen LogP contribution in [0.4, 0.5) is 11.6 Å². The molecule has 1 atom stereocenters. The standard InChI is InChI=1S/C13H14N6/c1-3-4-8-7-5-10-11(19-13(15-2)18-10)6-9(7)17-12(14)16-8/h5-6,8H,1-2H3,(H3,14,16,17)(H2,15,18,19). The number of hydrogen-bond acceptors (Lipinski definition) is 5. The Bertz CT molecular complexity index is 731. The fourth-order valence-electron chi connectivity index (χ4n) is 2.15. The molecule has 1 aliphatic rings. The van der Waals surface area contributed by atoms with E-state index >= 15 is 0 Å². The maximum atomic E-state index is 5.78. The van der Waals surface area contributed by atoms with Crippen LogP contribution in [-0.4, -0.2) is 23.0 Å². The van der Waals surface area contributed by atoms with Gasteiger partial charge < -0.3 is 21.4 Å². The van der Waals surface area contributed by atoms with E-state index in [4.69, 9.17) is 5.73 Å². The van der Waals surface area contributed by atoms with Gasteiger partial charge in [0.25, 0.3) is 0 Å². The number of anilines is 2. The smallest absolute Gasteiger partial charge is 0.200 e. The fourth-order valence-corrected chi connectivity index (χ4v) is 2.15. The molecule has 2 aromatic rings. The third-order valence-electron chi connectivity index (χ3n) is 3.00. The molecule has 2 heterocycles. The van der Waals surface area contributed by atoms with Crippen molar-refractivity contribution in [3.8, 4) is 11.8 Å². The molecule has 6 nitrogen and oxygen atoms in total. The van der Waals surface area contributed by atoms with Crippen molar-refractivity contribution in [1.82, 2.24) is 9.97 Å². The number of nitrogens with one attached hydrogen (secondary N) is 3. The van der Waals surface area contributed by atoms with Crippen LogP contribution in [0, 0.1) is 11.8 Å². The second-order valence-electron chi connectivity index (χ2n) is 4.23. The zero-order chi connectivity index (χ0) is 13.4. The molecule has 0 aliphatic carbocycles. The Morgan fingerprint density at radius 2 is 2.26 bits per heavy atom. The first-order valence-electron chi connectivity index (χ1n) is 5.95. The maximum Gasteiger partial charge on any atom is 0.200 e. The monoisotopic (exact) mass is 254 g/mol. The first kappa shape index (κ1) is 11.4. The molecule has 96 valence electrons. The molecule has 0 saturated carbocycles. The molecule has 0 bridgehead atoms. The largest absolute Gasteiger partial charge is 0.370 e. The van der Waals surface area contributed by atoms with Crippen LogP contribution in [0.2, 0.25) is 0 Å². The van der Waals surface area contributed by atoms with Gasteiger partial charge in [0.1, 0.15) is 6.04 Å². The summed E-state index contributed by atoms with van der Waals surface area (Å²) in [6.45, 7) is 1.79. The van der Waals surface area contributed by atoms with Crippen molar-refractivity contribution in [3.63, 3.8) is 0 Å². The number of imidazole rings is 1. The van der Waals surface area contributed by atoms with Crippen molar-refractivity contribution in [1.29, 1.82) is 0 Å². The predicted octanol–water partition coefficient (Wildman–Crippen LogP) is 1.41. The molecule has 0 spiro atoms. The van der Waals surface area contributed by atoms with E-state index in [0.29, 0.717) is 5.96 Å². The van der Waals surface area contributed by atoms with Crippen LogP contribution in [-0.2, 0) is 0 Å². The maximum absolute atomic E-state index is 5.78. The van der Waals surface area contributed by atoms with Gasteiger partial charge in [-0.15, -0.1) is 5.92 Å². The number of aliphatic imine (C=N–C) groups is 1. The molecule has 6 heteroatoms. The summed E-state index contributed by atoms with van der Waals surface area (Å²) in [6.07, 6.45) is 0. The molecule has 1 aromatic carbocycles. The highest BCUT2D eigenvalue weighted by Crippen LogP contribution is 2.32. The summed E-state index contributed by atoms with van der Waals surface area (Å²) in [6, 6.07) is 3.73. The minimum atomic E-state index is -0.230. The molecule has 19 heavy (non-hydrogen) atoms. The van der Waals surface area contributed by atoms with Crippen molar-refractivity contribution >= 4 is 28.6 Å². The Labute approximate surface area is 110 Å². The molecule has 0 amide bonds. The number of nitrogens with two attached hydrogens (primary N) is 1. The molecule has 1 aliphatic heterocycles. The number of guanidine groups is 1. The van der Waals surface area contributed by atoms with Gasteiger partial charge in [-0.3, -0.25) is 0 Å². The third kappa shape index (κ3) is 1.85. The normalized spacial score (nSPS) is 16.9. The summed E-state index contributed by atoms with van der Waals surface area (Å²) in [5.74, 6) is 7.04. The van der Waals surface area contributed by atoms with Crippen LogP contribution in [0.25, 0.3) is 11.0 Å². The van der Waals surface area contributed by atoms with Crippen LogP contribution in [0.3, 0.4) is 0 Å². The highest BCUT2D eigenvalue weighted by atomic mass is 15.1. The molecule has 0 saturated heterocycles. The van der Waals surface area contributed by atoms with Gasteiger partial charge in [-0.2, -0.15) is 0 Å². The summed E-state index contributed by atoms with van der Waals surface area (Å²) in [5.41, 5.74) is 9.50. The van der Waals surface area contributed by atoms with E-state index in [9.17, 15) is 0 Å². The second-order valence-corrected chi connectivity index (χ2v) is 4.23. The number of rotatable bonds is 1. The van der Waals surface area contributed by atoms with Gasteiger partial charge in [-0.1, -0.05) is 5.92 Å². The van der Waals surface area contributed by atoms with E-state index in [0.717, 1.165) is 28.2 Å². The summed E-state index contributed by atoms with van der Waals surface area (Å²) in [4.78, 5) is 11.9. The average molecular weight is 254 g/mol. The van der Waals surface area contributed by atoms with E-state index in [1.807, 2.05) is 19.2 Å². The fraction of sp³-hybridized carbons (Fsp3) is 0.231. The minimum absolute atomic E-state index is 0.230. The number of benzene rings is 1. The Balaban J connectivity index is 2.19. The number of aromatic nitrogens is 2. The number of H-pyrrole nitrogens is 1. The highest BCUT2D eigenvalue weighted by Gasteiger charge is 2.20. The number of hydrogen-bond donors (Lipinski definition) is 4. The topological polar surface area (TPSA) is 91.1 Å². The van der Waals surface area contributed by atoms with Gasteiger partial charge in [0, 0.05) is 18.3 Å². The van der Waals surface area contributed by atoms with Gasteiger partial charge in [-0.25, -0.2) is 9.98 Å². The molecule has 3 rings (SSSR count). The number of nitrogens with zero attached hydrogens (tertiary/aromatic N) is 2. The third-order valence-corrected chi connectivity index (χ3v) is 3.00. The van der Waals surface area contributed by atoms with E-state index in [1.165, 1.54) is 0 Å². The second kappa shape index (κ2) is 4.21. The van der Waals surface area contributed by atoms with Crippen molar-refractivity contribution in [2.45, 2.75) is 13.0 Å². The molecular weight excluding hydrogens is 240 g/mol. The lowest BCUT2D eigenvalue weighted by Crippen LogP contribution is -2.27. The summed E-state index contributed by atoms with van der Waals surface area (Å²) >= 11 is 0. The average Bonchev–Trinajstić information content (AvgIpc) is 2.78. The zero-order valence-electron chi connectivity index (χ0n) is 10.7. The Morgan fingerprint density at radius 3 is 3.00 bits per heavy atom. The van der Waals surface area contributed by atoms with E-state index in [1.54, 1.807) is 6.92 Å². The summed E-state index contributed by atoms with van der Waals surface area (Å²) < 4.78 is 0. The molecule has 1 aromatic heterocycles. The van der Waals surface area contributed by atoms with Crippen molar-refractivity contribution in [2.75, 3.05) is 17.7 Å². The quantitative estimate of drug-likeness (QED) is 0.579. The van der Waals surface area contributed by atoms with E-state index in [-0.39, 0.29) is 6.04 Å². The van der Waals surface area contributed by atoms with E-state index < -0.39 is 0 Å². The van der Waals surface area contributed by atoms with Crippen LogP contribution in [0.1, 0.15) is 18.5 Å². The van der Waals surface area contributed by atoms with Gasteiger partial charge in [0.15, 0.2) is 5.96 Å². The number of fused-ring (bicyclic) bond motifs is 2. The van der Waals surface area contributed by atoms with Crippen molar-refractivity contribution in [2.24, 2.45) is 10.7 Å². The Morgan fingerprint density at radius 1 is 1.42 bits per heavy atom. The molecule has 1 unspecified atom stereocenters. The van der Waals surface area contributed by atoms with Crippen LogP contribution < -0.4 is 16.4 Å². The summed E-state index contributed by atoms with van der Waals surface area (Å²) in [7, 11) is 1.82. The molecular formula is C13H14N6. The van der Waals surface area contributed by atoms with Crippen molar-refractivity contribution in [3.05, 3.63) is 17.7 Å². The molecule has 5 N–H and O–H groups in total. The van der Waals surface area contributed by atoms with Crippen LogP contribution in [0.15, 0.2) is 17.1 Å². The summed E-state index contributed by atoms with van der Waals surface area (Å²) in [5, 5.41) is 6.04. The van der Waals surface area contributed by atoms with Crippen LogP contribution in [0.5, 0.6) is 0 Å². The first-order chi connectivity index (χ1) is 9.21. The number of aromatic amines is 1. The van der Waals surface area contributed by atoms with Crippen LogP contribution >= 0.6 is 0 Å².